The van der Waals surface area contributed by atoms with Gasteiger partial charge in [0.25, 0.3) is 10.0 Å². The van der Waals surface area contributed by atoms with Gasteiger partial charge in [-0.05, 0) is 29.0 Å². The van der Waals surface area contributed by atoms with Gasteiger partial charge < -0.3 is 4.74 Å². The minimum atomic E-state index is -3.61. The fourth-order valence-corrected chi connectivity index (χ4v) is 4.43. The van der Waals surface area contributed by atoms with Crippen LogP contribution in [-0.2, 0) is 19.6 Å². The summed E-state index contributed by atoms with van der Waals surface area (Å²) in [7, 11) is -3.61. The number of hydrogen-bond donors (Lipinski definition) is 1. The molecule has 0 unspecified atom stereocenters. The second-order valence-electron chi connectivity index (χ2n) is 6.73. The average Bonchev–Trinajstić information content (AvgIpc) is 3.02. The number of carbonyl (C=O) groups excluding carboxylic acids is 2. The van der Waals surface area contributed by atoms with Gasteiger partial charge in [-0.2, -0.15) is 0 Å². The predicted molar refractivity (Wildman–Crippen MR) is 112 cm³/mol. The fraction of sp³-hybridized carbons (Fsp3) is 0.136. The third-order valence-corrected chi connectivity index (χ3v) is 6.08. The number of Topliss-reactive ketones (excluding diaryl/α,β-unsaturated/α-hetero) is 1. The Morgan fingerprint density at radius 1 is 0.933 bits per heavy atom. The van der Waals surface area contributed by atoms with Gasteiger partial charge in [0.2, 0.25) is 0 Å². The van der Waals surface area contributed by atoms with Crippen LogP contribution in [0.2, 0.25) is 0 Å². The van der Waals surface area contributed by atoms with E-state index in [9.17, 15) is 18.0 Å². The number of nitrogens with zero attached hydrogens (tertiary/aromatic N) is 1. The SMILES string of the molecule is O=C(CCN=C1NS(=O)(=O)c2ccccc21)OCC(=O)c1ccc2ccccc2c1. The number of esters is 1. The van der Waals surface area contributed by atoms with Crippen molar-refractivity contribution in [3.05, 3.63) is 77.9 Å². The highest BCUT2D eigenvalue weighted by molar-refractivity contribution is 7.90. The zero-order valence-electron chi connectivity index (χ0n) is 15.9. The Balaban J connectivity index is 1.32. The van der Waals surface area contributed by atoms with Crippen molar-refractivity contribution in [3.8, 4) is 0 Å². The lowest BCUT2D eigenvalue weighted by Gasteiger charge is -2.05. The molecule has 0 fully saturated rings. The summed E-state index contributed by atoms with van der Waals surface area (Å²) in [6.07, 6.45) is -0.0710. The summed E-state index contributed by atoms with van der Waals surface area (Å²) in [5.74, 6) is -0.675. The van der Waals surface area contributed by atoms with Crippen LogP contribution in [0.3, 0.4) is 0 Å². The molecule has 0 saturated heterocycles. The number of ketones is 1. The van der Waals surface area contributed by atoms with Crippen LogP contribution < -0.4 is 4.72 Å². The van der Waals surface area contributed by atoms with Crippen molar-refractivity contribution in [2.75, 3.05) is 13.2 Å². The molecule has 3 aromatic rings. The number of fused-ring (bicyclic) bond motifs is 2. The van der Waals surface area contributed by atoms with E-state index in [1.807, 2.05) is 30.3 Å². The Kier molecular flexibility index (Phi) is 5.33. The number of ether oxygens (including phenoxy) is 1. The lowest BCUT2D eigenvalue weighted by Crippen LogP contribution is -2.22. The van der Waals surface area contributed by atoms with Crippen LogP contribution in [0.15, 0.2) is 76.6 Å². The molecule has 7 nitrogen and oxygen atoms in total. The standard InChI is InChI=1S/C22H18N2O5S/c25-19(17-10-9-15-5-1-2-6-16(15)13-17)14-29-21(26)11-12-23-22-18-7-3-4-8-20(18)30(27,28)24-22/h1-10,13H,11-12,14H2,(H,23,24). The first-order valence-corrected chi connectivity index (χ1v) is 10.8. The molecule has 0 aromatic heterocycles. The van der Waals surface area contributed by atoms with Gasteiger partial charge in [0.15, 0.2) is 12.4 Å². The van der Waals surface area contributed by atoms with Gasteiger partial charge >= 0.3 is 5.97 Å². The molecule has 8 heteroatoms. The Hall–Kier alpha value is -3.52. The van der Waals surface area contributed by atoms with Crippen LogP contribution in [0, 0.1) is 0 Å². The monoisotopic (exact) mass is 422 g/mol. The van der Waals surface area contributed by atoms with Crippen molar-refractivity contribution in [3.63, 3.8) is 0 Å². The molecule has 4 rings (SSSR count). The van der Waals surface area contributed by atoms with Crippen LogP contribution in [-0.4, -0.2) is 39.2 Å². The second kappa shape index (κ2) is 8.08. The molecule has 0 amide bonds. The number of benzene rings is 3. The van der Waals surface area contributed by atoms with Gasteiger partial charge in [-0.15, -0.1) is 0 Å². The molecule has 152 valence electrons. The summed E-state index contributed by atoms with van der Waals surface area (Å²) in [4.78, 5) is 28.6. The number of hydrogen-bond acceptors (Lipinski definition) is 6. The summed E-state index contributed by atoms with van der Waals surface area (Å²) < 4.78 is 31.5. The second-order valence-corrected chi connectivity index (χ2v) is 8.38. The van der Waals surface area contributed by atoms with Crippen LogP contribution >= 0.6 is 0 Å². The Labute approximate surface area is 173 Å². The number of rotatable bonds is 6. The Bertz CT molecular complexity index is 1280. The van der Waals surface area contributed by atoms with Crippen LogP contribution in [0.5, 0.6) is 0 Å². The first-order chi connectivity index (χ1) is 14.4. The first-order valence-electron chi connectivity index (χ1n) is 9.28. The van der Waals surface area contributed by atoms with E-state index in [2.05, 4.69) is 9.71 Å². The van der Waals surface area contributed by atoms with Gasteiger partial charge in [-0.25, -0.2) is 8.42 Å². The molecule has 1 aliphatic rings. The molecule has 0 spiro atoms. The highest BCUT2D eigenvalue weighted by Crippen LogP contribution is 2.22. The Morgan fingerprint density at radius 2 is 1.67 bits per heavy atom. The maximum absolute atomic E-state index is 12.3. The van der Waals surface area contributed by atoms with Gasteiger partial charge in [-0.1, -0.05) is 48.5 Å². The number of nitrogens with one attached hydrogen (secondary N) is 1. The zero-order chi connectivity index (χ0) is 21.1. The molecule has 3 aromatic carbocycles. The van der Waals surface area contributed by atoms with E-state index in [1.54, 1.807) is 30.3 Å². The van der Waals surface area contributed by atoms with Crippen LogP contribution in [0.25, 0.3) is 10.8 Å². The maximum Gasteiger partial charge on any atom is 0.308 e. The lowest BCUT2D eigenvalue weighted by molar-refractivity contribution is -0.142. The molecule has 1 aliphatic heterocycles. The molecule has 1 N–H and O–H groups in total. The molecule has 0 radical (unpaired) electrons. The lowest BCUT2D eigenvalue weighted by atomic mass is 10.0. The van der Waals surface area contributed by atoms with E-state index >= 15 is 0 Å². The number of aliphatic imine (C=N–C) groups is 1. The molecular weight excluding hydrogens is 404 g/mol. The molecule has 0 atom stereocenters. The van der Waals surface area contributed by atoms with Crippen molar-refractivity contribution in [1.29, 1.82) is 0 Å². The molecule has 0 saturated carbocycles. The summed E-state index contributed by atoms with van der Waals surface area (Å²) in [5, 5.41) is 1.96. The maximum atomic E-state index is 12.3. The van der Waals surface area contributed by atoms with Crippen LogP contribution in [0.4, 0.5) is 0 Å². The third-order valence-electron chi connectivity index (χ3n) is 4.68. The van der Waals surface area contributed by atoms with E-state index in [4.69, 9.17) is 4.74 Å². The van der Waals surface area contributed by atoms with Gasteiger partial charge in [0.1, 0.15) is 5.84 Å². The minimum absolute atomic E-state index is 0.0369. The van der Waals surface area contributed by atoms with Crippen LogP contribution in [0.1, 0.15) is 22.3 Å². The quantitative estimate of drug-likeness (QED) is 0.486. The topological polar surface area (TPSA) is 102 Å². The minimum Gasteiger partial charge on any atom is -0.457 e. The molecule has 0 aliphatic carbocycles. The average molecular weight is 422 g/mol. The van der Waals surface area contributed by atoms with Gasteiger partial charge in [0.05, 0.1) is 17.9 Å². The Morgan fingerprint density at radius 3 is 2.50 bits per heavy atom. The van der Waals surface area contributed by atoms with Gasteiger partial charge in [-0.3, -0.25) is 19.3 Å². The highest BCUT2D eigenvalue weighted by Gasteiger charge is 2.29. The molecule has 0 bridgehead atoms. The zero-order valence-corrected chi connectivity index (χ0v) is 16.7. The number of amidine groups is 1. The number of sulfonamides is 1. The van der Waals surface area contributed by atoms with Crippen molar-refractivity contribution in [1.82, 2.24) is 4.72 Å². The third kappa shape index (κ3) is 4.08. The fourth-order valence-electron chi connectivity index (χ4n) is 3.17. The highest BCUT2D eigenvalue weighted by atomic mass is 32.2. The largest absolute Gasteiger partial charge is 0.457 e. The van der Waals surface area contributed by atoms with Gasteiger partial charge in [0, 0.05) is 11.1 Å². The van der Waals surface area contributed by atoms with E-state index in [0.29, 0.717) is 11.1 Å². The summed E-state index contributed by atoms with van der Waals surface area (Å²) >= 11 is 0. The smallest absolute Gasteiger partial charge is 0.308 e. The molecule has 30 heavy (non-hydrogen) atoms. The number of carbonyl (C=O) groups is 2. The first kappa shape index (κ1) is 19.8. The summed E-state index contributed by atoms with van der Waals surface area (Å²) in [6, 6.07) is 19.5. The van der Waals surface area contributed by atoms with E-state index in [0.717, 1.165) is 10.8 Å². The van der Waals surface area contributed by atoms with Crippen molar-refractivity contribution < 1.29 is 22.7 Å². The van der Waals surface area contributed by atoms with E-state index < -0.39 is 16.0 Å². The molecule has 1 heterocycles. The predicted octanol–water partition coefficient (Wildman–Crippen LogP) is 2.69. The van der Waals surface area contributed by atoms with E-state index in [-0.39, 0.29) is 36.1 Å². The molecular formula is C22H18N2O5S. The van der Waals surface area contributed by atoms with Crippen molar-refractivity contribution in [2.45, 2.75) is 11.3 Å². The van der Waals surface area contributed by atoms with E-state index in [1.165, 1.54) is 6.07 Å². The van der Waals surface area contributed by atoms with Crippen molar-refractivity contribution in [2.24, 2.45) is 4.99 Å². The summed E-state index contributed by atoms with van der Waals surface area (Å²) in [6.45, 7) is -0.321. The summed E-state index contributed by atoms with van der Waals surface area (Å²) in [5.41, 5.74) is 0.941. The normalized spacial score (nSPS) is 15.5. The van der Waals surface area contributed by atoms with Crippen molar-refractivity contribution >= 4 is 38.4 Å².